The highest BCUT2D eigenvalue weighted by atomic mass is 16.5. The summed E-state index contributed by atoms with van der Waals surface area (Å²) < 4.78 is 11.4. The first-order valence-electron chi connectivity index (χ1n) is 10.1. The normalized spacial score (nSPS) is 23.0. The molecule has 2 aliphatic rings. The summed E-state index contributed by atoms with van der Waals surface area (Å²) in [6, 6.07) is 17.9. The number of hydrogen-bond acceptors (Lipinski definition) is 4. The number of ether oxygens (including phenoxy) is 2. The van der Waals surface area contributed by atoms with Crippen molar-refractivity contribution in [3.8, 4) is 5.75 Å². The predicted molar refractivity (Wildman–Crippen MR) is 109 cm³/mol. The van der Waals surface area contributed by atoms with Crippen LogP contribution in [0.25, 0.3) is 0 Å². The number of piperazine rings is 1. The van der Waals surface area contributed by atoms with Crippen molar-refractivity contribution in [3.63, 3.8) is 0 Å². The van der Waals surface area contributed by atoms with Gasteiger partial charge >= 0.3 is 0 Å². The molecule has 148 valence electrons. The molecule has 2 aliphatic heterocycles. The zero-order chi connectivity index (χ0) is 19.3. The summed E-state index contributed by atoms with van der Waals surface area (Å²) in [6.07, 6.45) is 2.36. The van der Waals surface area contributed by atoms with E-state index in [9.17, 15) is 4.79 Å². The molecular weight excluding hydrogens is 352 g/mol. The minimum absolute atomic E-state index is 0.0721. The molecule has 0 spiro atoms. The predicted octanol–water partition coefficient (Wildman–Crippen LogP) is 3.37. The lowest BCUT2D eigenvalue weighted by Crippen LogP contribution is -2.49. The standard InChI is InChI=1S/C23H28N2O3/c1-24-13-14-25(22(16-24)18-6-3-2-4-7-18)23(26)19-9-11-20(12-10-19)28-17-21-8-5-15-27-21/h2-4,6-7,9-12,21-22H,5,8,13-17H2,1H3/t21-,22+/m0/s1. The first kappa shape index (κ1) is 19.0. The second kappa shape index (κ2) is 8.76. The van der Waals surface area contributed by atoms with Gasteiger partial charge in [0, 0.05) is 31.8 Å². The first-order valence-corrected chi connectivity index (χ1v) is 10.1. The van der Waals surface area contributed by atoms with Crippen LogP contribution in [0.15, 0.2) is 54.6 Å². The molecule has 2 aromatic carbocycles. The lowest BCUT2D eigenvalue weighted by Gasteiger charge is -2.40. The number of carbonyl (C=O) groups excluding carboxylic acids is 1. The minimum Gasteiger partial charge on any atom is -0.491 e. The number of rotatable bonds is 5. The van der Waals surface area contributed by atoms with Gasteiger partial charge in [-0.05, 0) is 49.7 Å². The molecule has 5 nitrogen and oxygen atoms in total. The molecule has 0 saturated carbocycles. The Kier molecular flexibility index (Phi) is 5.93. The van der Waals surface area contributed by atoms with Crippen LogP contribution in [0.5, 0.6) is 5.75 Å². The number of carbonyl (C=O) groups is 1. The summed E-state index contributed by atoms with van der Waals surface area (Å²) in [5, 5.41) is 0. The number of nitrogens with zero attached hydrogens (tertiary/aromatic N) is 2. The van der Waals surface area contributed by atoms with Crippen LogP contribution in [0, 0.1) is 0 Å². The van der Waals surface area contributed by atoms with Gasteiger partial charge in [0.15, 0.2) is 0 Å². The summed E-state index contributed by atoms with van der Waals surface area (Å²) in [5.74, 6) is 0.859. The minimum atomic E-state index is 0.0721. The quantitative estimate of drug-likeness (QED) is 0.798. The highest BCUT2D eigenvalue weighted by molar-refractivity contribution is 5.94. The van der Waals surface area contributed by atoms with Gasteiger partial charge in [-0.1, -0.05) is 30.3 Å². The third kappa shape index (κ3) is 4.37. The van der Waals surface area contributed by atoms with Gasteiger partial charge in [-0.2, -0.15) is 0 Å². The van der Waals surface area contributed by atoms with E-state index in [0.717, 1.165) is 44.8 Å². The second-order valence-electron chi connectivity index (χ2n) is 7.66. The van der Waals surface area contributed by atoms with Crippen molar-refractivity contribution >= 4 is 5.91 Å². The third-order valence-corrected chi connectivity index (χ3v) is 5.59. The van der Waals surface area contributed by atoms with E-state index >= 15 is 0 Å². The van der Waals surface area contributed by atoms with E-state index in [1.165, 1.54) is 5.56 Å². The van der Waals surface area contributed by atoms with E-state index in [0.29, 0.717) is 12.2 Å². The summed E-state index contributed by atoms with van der Waals surface area (Å²) in [5.41, 5.74) is 1.88. The summed E-state index contributed by atoms with van der Waals surface area (Å²) in [4.78, 5) is 17.5. The molecule has 0 aliphatic carbocycles. The van der Waals surface area contributed by atoms with E-state index in [4.69, 9.17) is 9.47 Å². The smallest absolute Gasteiger partial charge is 0.254 e. The van der Waals surface area contributed by atoms with Gasteiger partial charge in [0.05, 0.1) is 12.1 Å². The van der Waals surface area contributed by atoms with Gasteiger partial charge in [0.2, 0.25) is 0 Å². The van der Waals surface area contributed by atoms with Crippen LogP contribution < -0.4 is 4.74 Å². The molecule has 2 saturated heterocycles. The maximum atomic E-state index is 13.2. The van der Waals surface area contributed by atoms with Crippen LogP contribution in [0.1, 0.15) is 34.8 Å². The lowest BCUT2D eigenvalue weighted by molar-refractivity contribution is 0.0497. The number of amides is 1. The van der Waals surface area contributed by atoms with Crippen LogP contribution in [-0.2, 0) is 4.74 Å². The van der Waals surface area contributed by atoms with Gasteiger partial charge in [-0.25, -0.2) is 0 Å². The summed E-state index contributed by atoms with van der Waals surface area (Å²) in [7, 11) is 2.11. The van der Waals surface area contributed by atoms with Crippen LogP contribution in [0.3, 0.4) is 0 Å². The van der Waals surface area contributed by atoms with Crippen LogP contribution >= 0.6 is 0 Å². The molecular formula is C23H28N2O3. The van der Waals surface area contributed by atoms with Crippen LogP contribution in [-0.4, -0.2) is 61.7 Å². The zero-order valence-electron chi connectivity index (χ0n) is 16.4. The van der Waals surface area contributed by atoms with Gasteiger partial charge in [0.1, 0.15) is 12.4 Å². The average molecular weight is 380 g/mol. The zero-order valence-corrected chi connectivity index (χ0v) is 16.4. The van der Waals surface area contributed by atoms with Gasteiger partial charge in [-0.3, -0.25) is 4.79 Å². The third-order valence-electron chi connectivity index (χ3n) is 5.59. The molecule has 2 aromatic rings. The van der Waals surface area contributed by atoms with Gasteiger partial charge < -0.3 is 19.3 Å². The number of hydrogen-bond donors (Lipinski definition) is 0. The molecule has 0 bridgehead atoms. The van der Waals surface area contributed by atoms with Gasteiger partial charge in [-0.15, -0.1) is 0 Å². The van der Waals surface area contributed by atoms with E-state index in [-0.39, 0.29) is 18.1 Å². The Morgan fingerprint density at radius 3 is 2.61 bits per heavy atom. The van der Waals surface area contributed by atoms with Crippen molar-refractivity contribution in [1.82, 2.24) is 9.80 Å². The highest BCUT2D eigenvalue weighted by Crippen LogP contribution is 2.27. The molecule has 4 rings (SSSR count). The largest absolute Gasteiger partial charge is 0.491 e. The van der Waals surface area contributed by atoms with Crippen molar-refractivity contribution in [3.05, 3.63) is 65.7 Å². The Hall–Kier alpha value is -2.37. The second-order valence-corrected chi connectivity index (χ2v) is 7.66. The SMILES string of the molecule is CN1CCN(C(=O)c2ccc(OC[C@@H]3CCCO3)cc2)[C@@H](c2ccccc2)C1. The molecule has 2 heterocycles. The van der Waals surface area contributed by atoms with Crippen LogP contribution in [0.2, 0.25) is 0 Å². The first-order chi connectivity index (χ1) is 13.7. The van der Waals surface area contributed by atoms with E-state index in [1.54, 1.807) is 0 Å². The summed E-state index contributed by atoms with van der Waals surface area (Å²) in [6.45, 7) is 3.86. The molecule has 5 heteroatoms. The average Bonchev–Trinajstić information content (AvgIpc) is 3.26. The molecule has 2 fully saturated rings. The summed E-state index contributed by atoms with van der Waals surface area (Å²) >= 11 is 0. The maximum absolute atomic E-state index is 13.2. The van der Waals surface area contributed by atoms with Crippen molar-refractivity contribution in [2.45, 2.75) is 25.0 Å². The Morgan fingerprint density at radius 1 is 1.11 bits per heavy atom. The van der Waals surface area contributed by atoms with E-state index in [1.807, 2.05) is 47.4 Å². The highest BCUT2D eigenvalue weighted by Gasteiger charge is 2.30. The maximum Gasteiger partial charge on any atom is 0.254 e. The van der Waals surface area contributed by atoms with Crippen molar-refractivity contribution in [2.24, 2.45) is 0 Å². The lowest BCUT2D eigenvalue weighted by atomic mass is 10.0. The van der Waals surface area contributed by atoms with Crippen LogP contribution in [0.4, 0.5) is 0 Å². The monoisotopic (exact) mass is 380 g/mol. The Labute approximate surface area is 166 Å². The van der Waals surface area contributed by atoms with Gasteiger partial charge in [0.25, 0.3) is 5.91 Å². The number of benzene rings is 2. The fourth-order valence-electron chi connectivity index (χ4n) is 3.95. The van der Waals surface area contributed by atoms with E-state index < -0.39 is 0 Å². The molecule has 0 aromatic heterocycles. The molecule has 0 N–H and O–H groups in total. The van der Waals surface area contributed by atoms with E-state index in [2.05, 4.69) is 24.1 Å². The Bertz CT molecular complexity index is 772. The van der Waals surface area contributed by atoms with Crippen molar-refractivity contribution in [1.29, 1.82) is 0 Å². The fraction of sp³-hybridized carbons (Fsp3) is 0.435. The molecule has 28 heavy (non-hydrogen) atoms. The topological polar surface area (TPSA) is 42.0 Å². The fourth-order valence-corrected chi connectivity index (χ4v) is 3.95. The van der Waals surface area contributed by atoms with Crippen molar-refractivity contribution in [2.75, 3.05) is 39.9 Å². The Balaban J connectivity index is 1.44. The molecule has 2 atom stereocenters. The Morgan fingerprint density at radius 2 is 1.89 bits per heavy atom. The molecule has 0 radical (unpaired) electrons. The molecule has 1 amide bonds. The van der Waals surface area contributed by atoms with Crippen molar-refractivity contribution < 1.29 is 14.3 Å². The number of likely N-dealkylation sites (N-methyl/N-ethyl adjacent to an activating group) is 1. The molecule has 0 unspecified atom stereocenters.